The zero-order valence-electron chi connectivity index (χ0n) is 8.81. The fourth-order valence-electron chi connectivity index (χ4n) is 1.08. The molecular weight excluding hydrogens is 194 g/mol. The van der Waals surface area contributed by atoms with Crippen molar-refractivity contribution in [1.29, 1.82) is 0 Å². The third-order valence-electron chi connectivity index (χ3n) is 1.90. The second-order valence-corrected chi connectivity index (χ2v) is 3.30. The van der Waals surface area contributed by atoms with E-state index < -0.39 is 0 Å². The van der Waals surface area contributed by atoms with E-state index in [9.17, 15) is 0 Å². The second kappa shape index (κ2) is 6.39. The van der Waals surface area contributed by atoms with Crippen molar-refractivity contribution < 1.29 is 0 Å². The number of nitrogens with zero attached hydrogens (tertiary/aromatic N) is 1. The largest absolute Gasteiger partial charge is 0.276 e. The summed E-state index contributed by atoms with van der Waals surface area (Å²) in [4.78, 5) is 3.86. The van der Waals surface area contributed by atoms with Crippen LogP contribution in [0.3, 0.4) is 0 Å². The minimum atomic E-state index is 0.469. The Labute approximate surface area is 91.2 Å². The molecule has 0 saturated heterocycles. The van der Waals surface area contributed by atoms with E-state index in [4.69, 9.17) is 11.6 Å². The molecule has 0 fully saturated rings. The van der Waals surface area contributed by atoms with Gasteiger partial charge in [0.15, 0.2) is 0 Å². The molecule has 0 amide bonds. The highest BCUT2D eigenvalue weighted by molar-refractivity contribution is 6.69. The van der Waals surface area contributed by atoms with Gasteiger partial charge in [-0.1, -0.05) is 49.1 Å². The lowest BCUT2D eigenvalue weighted by molar-refractivity contribution is 1.16. The Kier molecular flexibility index (Phi) is 5.89. The zero-order valence-corrected chi connectivity index (χ0v) is 9.56. The van der Waals surface area contributed by atoms with Gasteiger partial charge in [0.25, 0.3) is 0 Å². The molecule has 0 aromatic heterocycles. The Hall–Kier alpha value is -1.08. The molecule has 0 saturated carbocycles. The molecule has 0 N–H and O–H groups in total. The molecule has 0 unspecified atom stereocenters. The van der Waals surface area contributed by atoms with E-state index in [2.05, 4.69) is 24.7 Å². The maximum atomic E-state index is 5.83. The third-order valence-corrected chi connectivity index (χ3v) is 2.34. The van der Waals surface area contributed by atoms with Gasteiger partial charge in [0.2, 0.25) is 0 Å². The van der Waals surface area contributed by atoms with Crippen LogP contribution in [0.2, 0.25) is 0 Å². The van der Waals surface area contributed by atoms with Gasteiger partial charge < -0.3 is 0 Å². The second-order valence-electron chi connectivity index (χ2n) is 2.94. The molecule has 0 rings (SSSR count). The first-order valence-electron chi connectivity index (χ1n) is 4.31. The smallest absolute Gasteiger partial charge is 0.126 e. The average molecular weight is 210 g/mol. The fourth-order valence-corrected chi connectivity index (χ4v) is 1.15. The minimum absolute atomic E-state index is 0.469. The lowest BCUT2D eigenvalue weighted by Gasteiger charge is -2.06. The van der Waals surface area contributed by atoms with Crippen molar-refractivity contribution >= 4 is 16.8 Å². The lowest BCUT2D eigenvalue weighted by Crippen LogP contribution is -1.94. The number of halogens is 1. The standard InChI is InChI=1S/C12H16ClN/c1-6-11(7-2)9(3)8-10(4)12(13)14-5/h6-7H,1-2,4,8H2,3,5H3. The van der Waals surface area contributed by atoms with E-state index >= 15 is 0 Å². The van der Waals surface area contributed by atoms with Crippen molar-refractivity contribution in [3.05, 3.63) is 48.6 Å². The molecular formula is C12H16ClN. The minimum Gasteiger partial charge on any atom is -0.276 e. The van der Waals surface area contributed by atoms with Crippen LogP contribution in [0.15, 0.2) is 53.6 Å². The Morgan fingerprint density at radius 2 is 1.86 bits per heavy atom. The summed E-state index contributed by atoms with van der Waals surface area (Å²) in [6, 6.07) is 0. The predicted octanol–water partition coefficient (Wildman–Crippen LogP) is 3.89. The van der Waals surface area contributed by atoms with Gasteiger partial charge in [0.05, 0.1) is 0 Å². The molecule has 14 heavy (non-hydrogen) atoms. The Bertz CT molecular complexity index is 298. The number of hydrogen-bond donors (Lipinski definition) is 0. The van der Waals surface area contributed by atoms with Gasteiger partial charge in [-0.3, -0.25) is 4.99 Å². The maximum absolute atomic E-state index is 5.83. The molecule has 0 atom stereocenters. The van der Waals surface area contributed by atoms with Gasteiger partial charge in [-0.15, -0.1) is 0 Å². The van der Waals surface area contributed by atoms with Crippen LogP contribution in [0.25, 0.3) is 0 Å². The van der Waals surface area contributed by atoms with E-state index in [0.29, 0.717) is 11.6 Å². The van der Waals surface area contributed by atoms with Gasteiger partial charge in [-0.2, -0.15) is 0 Å². The van der Waals surface area contributed by atoms with E-state index in [1.165, 1.54) is 0 Å². The monoisotopic (exact) mass is 209 g/mol. The van der Waals surface area contributed by atoms with Crippen molar-refractivity contribution in [1.82, 2.24) is 0 Å². The van der Waals surface area contributed by atoms with Gasteiger partial charge in [-0.25, -0.2) is 0 Å². The van der Waals surface area contributed by atoms with E-state index in [1.807, 2.05) is 6.92 Å². The van der Waals surface area contributed by atoms with Crippen LogP contribution in [0, 0.1) is 0 Å². The summed E-state index contributed by atoms with van der Waals surface area (Å²) in [5, 5.41) is 0.469. The maximum Gasteiger partial charge on any atom is 0.126 e. The number of allylic oxidation sites excluding steroid dienone is 5. The van der Waals surface area contributed by atoms with Gasteiger partial charge in [0, 0.05) is 7.05 Å². The zero-order chi connectivity index (χ0) is 11.1. The Balaban J connectivity index is 4.69. The van der Waals surface area contributed by atoms with Crippen molar-refractivity contribution in [2.24, 2.45) is 4.99 Å². The Morgan fingerprint density at radius 3 is 2.21 bits per heavy atom. The molecule has 0 heterocycles. The topological polar surface area (TPSA) is 12.4 Å². The van der Waals surface area contributed by atoms with Crippen molar-refractivity contribution in [3.63, 3.8) is 0 Å². The number of hydrogen-bond acceptors (Lipinski definition) is 1. The summed E-state index contributed by atoms with van der Waals surface area (Å²) in [6.07, 6.45) is 4.24. The first-order chi connectivity index (χ1) is 6.56. The highest BCUT2D eigenvalue weighted by Crippen LogP contribution is 2.17. The lowest BCUT2D eigenvalue weighted by atomic mass is 10.0. The van der Waals surface area contributed by atoms with E-state index in [-0.39, 0.29) is 0 Å². The van der Waals surface area contributed by atoms with Crippen LogP contribution in [0.4, 0.5) is 0 Å². The summed E-state index contributed by atoms with van der Waals surface area (Å²) < 4.78 is 0. The highest BCUT2D eigenvalue weighted by atomic mass is 35.5. The molecule has 2 heteroatoms. The molecule has 0 aliphatic carbocycles. The van der Waals surface area contributed by atoms with Crippen molar-refractivity contribution in [3.8, 4) is 0 Å². The summed E-state index contributed by atoms with van der Waals surface area (Å²) in [6.45, 7) is 13.3. The van der Waals surface area contributed by atoms with Gasteiger partial charge in [-0.05, 0) is 24.5 Å². The average Bonchev–Trinajstić information content (AvgIpc) is 2.18. The summed E-state index contributed by atoms with van der Waals surface area (Å²) >= 11 is 5.83. The van der Waals surface area contributed by atoms with Gasteiger partial charge in [0.1, 0.15) is 5.17 Å². The summed E-state index contributed by atoms with van der Waals surface area (Å²) in [7, 11) is 1.65. The van der Waals surface area contributed by atoms with Crippen LogP contribution in [0.1, 0.15) is 13.3 Å². The molecule has 0 aliphatic heterocycles. The molecule has 0 spiro atoms. The molecule has 0 radical (unpaired) electrons. The van der Waals surface area contributed by atoms with Crippen LogP contribution in [-0.2, 0) is 0 Å². The molecule has 0 aliphatic rings. The normalized spacial score (nSPS) is 10.6. The van der Waals surface area contributed by atoms with Crippen molar-refractivity contribution in [2.75, 3.05) is 7.05 Å². The van der Waals surface area contributed by atoms with Crippen LogP contribution in [-0.4, -0.2) is 12.2 Å². The van der Waals surface area contributed by atoms with E-state index in [0.717, 1.165) is 16.7 Å². The molecule has 0 aromatic carbocycles. The van der Waals surface area contributed by atoms with Crippen LogP contribution >= 0.6 is 11.6 Å². The number of aliphatic imine (C=N–C) groups is 1. The molecule has 0 bridgehead atoms. The van der Waals surface area contributed by atoms with Crippen LogP contribution in [0.5, 0.6) is 0 Å². The predicted molar refractivity (Wildman–Crippen MR) is 66.1 cm³/mol. The fraction of sp³-hybridized carbons (Fsp3) is 0.250. The SMILES string of the molecule is C=CC(C=C)=C(C)CC(=C)C(Cl)=NC. The molecule has 1 nitrogen and oxygen atoms in total. The summed E-state index contributed by atoms with van der Waals surface area (Å²) in [5.74, 6) is 0. The highest BCUT2D eigenvalue weighted by Gasteiger charge is 2.03. The van der Waals surface area contributed by atoms with E-state index in [1.54, 1.807) is 19.2 Å². The van der Waals surface area contributed by atoms with Crippen LogP contribution < -0.4 is 0 Å². The first-order valence-corrected chi connectivity index (χ1v) is 4.69. The quantitative estimate of drug-likeness (QED) is 0.481. The number of rotatable bonds is 5. The summed E-state index contributed by atoms with van der Waals surface area (Å²) in [5.41, 5.74) is 2.97. The Morgan fingerprint density at radius 1 is 1.36 bits per heavy atom. The molecule has 0 aromatic rings. The first kappa shape index (κ1) is 12.9. The third kappa shape index (κ3) is 3.75. The van der Waals surface area contributed by atoms with Gasteiger partial charge >= 0.3 is 0 Å². The molecule has 76 valence electrons. The van der Waals surface area contributed by atoms with Crippen molar-refractivity contribution in [2.45, 2.75) is 13.3 Å².